The number of carbonyl (C=O) groups excluding carboxylic acids is 1. The lowest BCUT2D eigenvalue weighted by Gasteiger charge is -2.05. The van der Waals surface area contributed by atoms with Crippen molar-refractivity contribution >= 4 is 21.8 Å². The maximum absolute atomic E-state index is 11.8. The predicted molar refractivity (Wildman–Crippen MR) is 64.8 cm³/mol. The summed E-state index contributed by atoms with van der Waals surface area (Å²) in [7, 11) is -2.31. The van der Waals surface area contributed by atoms with Crippen molar-refractivity contribution in [2.75, 3.05) is 7.11 Å². The Hall–Kier alpha value is -1.89. The zero-order chi connectivity index (χ0) is 13.3. The summed E-state index contributed by atoms with van der Waals surface area (Å²) in [4.78, 5) is 15.5. The van der Waals surface area contributed by atoms with Crippen molar-refractivity contribution in [3.63, 3.8) is 0 Å². The van der Waals surface area contributed by atoms with Crippen molar-refractivity contribution in [2.24, 2.45) is 4.99 Å². The number of rotatable bonds is 2. The maximum Gasteiger partial charge on any atom is 0.330 e. The van der Waals surface area contributed by atoms with Crippen LogP contribution in [0, 0.1) is 0 Å². The lowest BCUT2D eigenvalue weighted by Crippen LogP contribution is -2.26. The van der Waals surface area contributed by atoms with Gasteiger partial charge in [0, 0.05) is 5.56 Å². The van der Waals surface area contributed by atoms with Gasteiger partial charge in [0.2, 0.25) is 0 Å². The average molecular weight is 268 g/mol. The molecule has 2 rings (SSSR count). The number of nitrogens with zero attached hydrogens (tertiary/aromatic N) is 1. The molecule has 0 radical (unpaired) electrons. The van der Waals surface area contributed by atoms with Gasteiger partial charge >= 0.3 is 5.97 Å². The van der Waals surface area contributed by atoms with Crippen LogP contribution < -0.4 is 4.72 Å². The first-order valence-electron chi connectivity index (χ1n) is 5.23. The second-order valence-corrected chi connectivity index (χ2v) is 5.43. The second kappa shape index (κ2) is 4.41. The molecule has 1 aromatic carbocycles. The third-order valence-corrected chi connectivity index (χ3v) is 3.92. The zero-order valence-electron chi connectivity index (χ0n) is 9.88. The number of hydrogen-bond donors (Lipinski definition) is 1. The van der Waals surface area contributed by atoms with Crippen LogP contribution in [-0.2, 0) is 19.6 Å². The zero-order valence-corrected chi connectivity index (χ0v) is 10.7. The monoisotopic (exact) mass is 268 g/mol. The number of amidine groups is 1. The molecule has 0 saturated heterocycles. The Bertz CT molecular complexity index is 622. The van der Waals surface area contributed by atoms with Crippen LogP contribution in [0.3, 0.4) is 0 Å². The summed E-state index contributed by atoms with van der Waals surface area (Å²) < 4.78 is 30.4. The Balaban J connectivity index is 2.45. The highest BCUT2D eigenvalue weighted by atomic mass is 32.2. The molecule has 6 nitrogen and oxygen atoms in total. The Kier molecular flexibility index (Phi) is 3.08. The fourth-order valence-electron chi connectivity index (χ4n) is 1.65. The Morgan fingerprint density at radius 3 is 2.72 bits per heavy atom. The van der Waals surface area contributed by atoms with Crippen molar-refractivity contribution in [1.29, 1.82) is 0 Å². The van der Waals surface area contributed by atoms with E-state index in [2.05, 4.69) is 14.5 Å². The molecule has 0 saturated carbocycles. The first-order valence-corrected chi connectivity index (χ1v) is 6.72. The molecular formula is C11H12N2O4S. The Morgan fingerprint density at radius 1 is 1.39 bits per heavy atom. The van der Waals surface area contributed by atoms with Gasteiger partial charge in [0.1, 0.15) is 11.9 Å². The number of esters is 1. The molecule has 1 heterocycles. The van der Waals surface area contributed by atoms with Gasteiger partial charge in [-0.15, -0.1) is 0 Å². The van der Waals surface area contributed by atoms with Crippen molar-refractivity contribution < 1.29 is 17.9 Å². The number of ether oxygens (including phenoxy) is 1. The number of methoxy groups -OCH3 is 1. The van der Waals surface area contributed by atoms with E-state index in [1.807, 2.05) is 0 Å². The molecule has 18 heavy (non-hydrogen) atoms. The standard InChI is InChI=1S/C11H12N2O4S/c1-7(11(14)17-2)12-10-8-5-3-4-6-9(8)18(15,16)13-10/h3-7H,1-2H3,(H,12,13). The van der Waals surface area contributed by atoms with E-state index in [0.717, 1.165) is 0 Å². The number of hydrogen-bond acceptors (Lipinski definition) is 5. The molecule has 0 fully saturated rings. The summed E-state index contributed by atoms with van der Waals surface area (Å²) in [6.45, 7) is 1.54. The van der Waals surface area contributed by atoms with E-state index >= 15 is 0 Å². The molecule has 1 N–H and O–H groups in total. The minimum absolute atomic E-state index is 0.167. The van der Waals surface area contributed by atoms with Crippen LogP contribution in [0.1, 0.15) is 12.5 Å². The van der Waals surface area contributed by atoms with Gasteiger partial charge in [-0.2, -0.15) is 0 Å². The van der Waals surface area contributed by atoms with E-state index in [9.17, 15) is 13.2 Å². The highest BCUT2D eigenvalue weighted by molar-refractivity contribution is 7.90. The molecule has 0 amide bonds. The summed E-state index contributed by atoms with van der Waals surface area (Å²) in [5.74, 6) is -0.352. The van der Waals surface area contributed by atoms with Crippen LogP contribution in [-0.4, -0.2) is 33.4 Å². The Labute approximate surface area is 105 Å². The minimum Gasteiger partial charge on any atom is -0.467 e. The van der Waals surface area contributed by atoms with Gasteiger partial charge < -0.3 is 4.74 Å². The van der Waals surface area contributed by atoms with Crippen LogP contribution in [0.25, 0.3) is 0 Å². The molecule has 1 aliphatic heterocycles. The number of fused-ring (bicyclic) bond motifs is 1. The third kappa shape index (κ3) is 2.08. The van der Waals surface area contributed by atoms with E-state index in [1.54, 1.807) is 18.2 Å². The summed E-state index contributed by atoms with van der Waals surface area (Å²) >= 11 is 0. The third-order valence-electron chi connectivity index (χ3n) is 2.53. The summed E-state index contributed by atoms with van der Waals surface area (Å²) in [6, 6.07) is 5.70. The van der Waals surface area contributed by atoms with E-state index in [1.165, 1.54) is 20.1 Å². The van der Waals surface area contributed by atoms with Gasteiger partial charge in [0.05, 0.1) is 12.0 Å². The van der Waals surface area contributed by atoms with E-state index in [0.29, 0.717) is 5.56 Å². The van der Waals surface area contributed by atoms with Gasteiger partial charge in [-0.25, -0.2) is 13.2 Å². The normalized spacial score (nSPS) is 20.0. The minimum atomic E-state index is -3.57. The number of sulfonamides is 1. The molecular weight excluding hydrogens is 256 g/mol. The molecule has 0 aliphatic carbocycles. The average Bonchev–Trinajstić information content (AvgIpc) is 2.61. The highest BCUT2D eigenvalue weighted by Gasteiger charge is 2.31. The summed E-state index contributed by atoms with van der Waals surface area (Å²) in [5.41, 5.74) is 0.466. The molecule has 7 heteroatoms. The van der Waals surface area contributed by atoms with E-state index in [-0.39, 0.29) is 10.7 Å². The molecule has 0 spiro atoms. The number of nitrogens with one attached hydrogen (secondary N) is 1. The van der Waals surface area contributed by atoms with Gasteiger partial charge in [-0.1, -0.05) is 12.1 Å². The predicted octanol–water partition coefficient (Wildman–Crippen LogP) is 0.287. The Morgan fingerprint density at radius 2 is 2.06 bits per heavy atom. The fraction of sp³-hybridized carbons (Fsp3) is 0.273. The summed E-state index contributed by atoms with van der Waals surface area (Å²) in [6.07, 6.45) is 0. The van der Waals surface area contributed by atoms with Gasteiger partial charge in [0.25, 0.3) is 10.0 Å². The lowest BCUT2D eigenvalue weighted by molar-refractivity contribution is -0.141. The van der Waals surface area contributed by atoms with Crippen molar-refractivity contribution in [3.05, 3.63) is 29.8 Å². The topological polar surface area (TPSA) is 84.8 Å². The first kappa shape index (κ1) is 12.6. The van der Waals surface area contributed by atoms with Crippen LogP contribution in [0.15, 0.2) is 34.2 Å². The molecule has 1 aromatic rings. The van der Waals surface area contributed by atoms with Crippen LogP contribution in [0.4, 0.5) is 0 Å². The smallest absolute Gasteiger partial charge is 0.330 e. The first-order chi connectivity index (χ1) is 8.45. The number of benzene rings is 1. The quantitative estimate of drug-likeness (QED) is 0.781. The number of aliphatic imine (C=N–C) groups is 1. The van der Waals surface area contributed by atoms with E-state index < -0.39 is 22.0 Å². The van der Waals surface area contributed by atoms with Crippen LogP contribution in [0.2, 0.25) is 0 Å². The van der Waals surface area contributed by atoms with Gasteiger partial charge in [-0.05, 0) is 19.1 Å². The van der Waals surface area contributed by atoms with Gasteiger partial charge in [-0.3, -0.25) is 9.71 Å². The number of carbonyl (C=O) groups is 1. The van der Waals surface area contributed by atoms with Crippen molar-refractivity contribution in [1.82, 2.24) is 4.72 Å². The van der Waals surface area contributed by atoms with E-state index in [4.69, 9.17) is 0 Å². The molecule has 1 unspecified atom stereocenters. The van der Waals surface area contributed by atoms with Crippen molar-refractivity contribution in [3.8, 4) is 0 Å². The van der Waals surface area contributed by atoms with Gasteiger partial charge in [0.15, 0.2) is 0 Å². The molecule has 1 aliphatic rings. The second-order valence-electron chi connectivity index (χ2n) is 3.78. The van der Waals surface area contributed by atoms with Crippen LogP contribution in [0.5, 0.6) is 0 Å². The fourth-order valence-corrected chi connectivity index (χ4v) is 2.89. The van der Waals surface area contributed by atoms with Crippen LogP contribution >= 0.6 is 0 Å². The molecule has 1 atom stereocenters. The largest absolute Gasteiger partial charge is 0.467 e. The lowest BCUT2D eigenvalue weighted by atomic mass is 10.2. The molecule has 0 aromatic heterocycles. The summed E-state index contributed by atoms with van der Waals surface area (Å²) in [5, 5.41) is 0. The van der Waals surface area contributed by atoms with Crippen molar-refractivity contribution in [2.45, 2.75) is 17.9 Å². The maximum atomic E-state index is 11.8. The highest BCUT2D eigenvalue weighted by Crippen LogP contribution is 2.22. The molecule has 0 bridgehead atoms. The molecule has 96 valence electrons. The SMILES string of the molecule is COC(=O)C(C)N=C1NS(=O)(=O)c2ccccc21.